The van der Waals surface area contributed by atoms with E-state index in [4.69, 9.17) is 6.15 Å². The van der Waals surface area contributed by atoms with E-state index >= 15 is 0 Å². The molecule has 0 aliphatic carbocycles. The van der Waals surface area contributed by atoms with Crippen LogP contribution in [0.5, 0.6) is 0 Å². The number of hydrogen-bond acceptors (Lipinski definition) is 2. The third kappa shape index (κ3) is 96.9. The Labute approximate surface area is 94.1 Å². The molecule has 0 saturated heterocycles. The molecular weight excluding hydrogens is 428 g/mol. The minimum absolute atomic E-state index is 0. The van der Waals surface area contributed by atoms with Crippen LogP contribution in [0, 0.1) is 0 Å². The molecule has 0 bridgehead atoms. The van der Waals surface area contributed by atoms with Gasteiger partial charge in [0.1, 0.15) is 0 Å². The molecule has 0 N–H and O–H groups in total. The molecule has 0 amide bonds. The Morgan fingerprint density at radius 1 is 0.750 bits per heavy atom. The molecule has 0 aliphatic heterocycles. The normalized spacial score (nSPS) is 1.00. The van der Waals surface area contributed by atoms with E-state index in [9.17, 15) is 0 Å². The average molecular weight is 428 g/mol. The first-order valence-electron chi connectivity index (χ1n) is 0.408. The monoisotopic (exact) mass is 430 g/mol. The van der Waals surface area contributed by atoms with Crippen LogP contribution in [0.2, 0.25) is 0 Å². The van der Waals surface area contributed by atoms with E-state index < -0.39 is 21.1 Å². The molecule has 8 heteroatoms. The van der Waals surface area contributed by atoms with Gasteiger partial charge < -0.3 is 16.4 Å². The molecule has 0 radical (unpaired) electrons. The van der Waals surface area contributed by atoms with Gasteiger partial charge in [-0.3, -0.25) is 0 Å². The molecule has 0 aromatic carbocycles. The summed E-state index contributed by atoms with van der Waals surface area (Å²) in [6.45, 7) is 0. The molecule has 0 heterocycles. The van der Waals surface area contributed by atoms with Gasteiger partial charge in [-0.1, -0.05) is 0 Å². The van der Waals surface area contributed by atoms with Gasteiger partial charge in [-0.2, -0.15) is 0 Å². The average Bonchev–Trinajstić information content (AvgIpc) is 0.918. The standard InChI is InChI=1S/2In.5O.Sn/q2*+3;;;3*-2;. The molecule has 0 aromatic heterocycles. The van der Waals surface area contributed by atoms with Crippen LogP contribution in [0.25, 0.3) is 0 Å². The van der Waals surface area contributed by atoms with Gasteiger partial charge in [-0.25, -0.2) is 0 Å². The Kier molecular flexibility index (Phi) is 401. The van der Waals surface area contributed by atoms with Gasteiger partial charge in [0.05, 0.1) is 0 Å². The summed E-state index contributed by atoms with van der Waals surface area (Å²) in [6.07, 6.45) is 0. The van der Waals surface area contributed by atoms with Crippen molar-refractivity contribution in [3.63, 3.8) is 0 Å². The summed E-state index contributed by atoms with van der Waals surface area (Å²) in [5.74, 6) is 0. The molecule has 0 aliphatic rings. The second-order valence-electron chi connectivity index (χ2n) is 0.0833. The fraction of sp³-hybridized carbons (Fsp3) is 0. The van der Waals surface area contributed by atoms with Gasteiger partial charge in [0.2, 0.25) is 0 Å². The Morgan fingerprint density at radius 2 is 0.750 bits per heavy atom. The van der Waals surface area contributed by atoms with E-state index in [1.807, 2.05) is 0 Å². The van der Waals surface area contributed by atoms with Gasteiger partial charge in [0, 0.05) is 0 Å². The van der Waals surface area contributed by atoms with Crippen LogP contribution in [0.3, 0.4) is 0 Å². The second-order valence-corrected chi connectivity index (χ2v) is 0.559. The minimum atomic E-state index is -2.27. The van der Waals surface area contributed by atoms with E-state index in [0.717, 1.165) is 0 Å². The molecule has 0 fully saturated rings. The summed E-state index contributed by atoms with van der Waals surface area (Å²) in [5, 5.41) is 0. The first-order valence-corrected chi connectivity index (χ1v) is 2.74. The van der Waals surface area contributed by atoms with Crippen molar-refractivity contribution in [3.8, 4) is 0 Å². The third-order valence-corrected chi connectivity index (χ3v) is 0. The van der Waals surface area contributed by atoms with Crippen molar-refractivity contribution in [2.24, 2.45) is 0 Å². The molecule has 0 unspecified atom stereocenters. The van der Waals surface area contributed by atoms with E-state index in [1.54, 1.807) is 0 Å². The summed E-state index contributed by atoms with van der Waals surface area (Å²) in [7, 11) is 0. The van der Waals surface area contributed by atoms with Crippen molar-refractivity contribution in [3.05, 3.63) is 0 Å². The molecule has 0 aromatic rings. The van der Waals surface area contributed by atoms with Crippen molar-refractivity contribution < 1.29 is 22.6 Å². The SMILES string of the molecule is [In+3].[In+3].[O-2].[O-2].[O-2].[O]=[Sn]=[O]. The van der Waals surface area contributed by atoms with Crippen LogP contribution < -0.4 is 0 Å². The van der Waals surface area contributed by atoms with E-state index in [-0.39, 0.29) is 68.1 Å². The van der Waals surface area contributed by atoms with Crippen molar-refractivity contribution in [2.45, 2.75) is 0 Å². The van der Waals surface area contributed by atoms with E-state index in [0.29, 0.717) is 0 Å². The predicted molar refractivity (Wildman–Crippen MR) is 20.7 cm³/mol. The molecule has 40 valence electrons. The summed E-state index contributed by atoms with van der Waals surface area (Å²) in [6, 6.07) is 0. The van der Waals surface area contributed by atoms with Gasteiger partial charge in [0.25, 0.3) is 0 Å². The van der Waals surface area contributed by atoms with Crippen LogP contribution in [0.4, 0.5) is 0 Å². The third-order valence-electron chi connectivity index (χ3n) is 0. The Morgan fingerprint density at radius 3 is 0.750 bits per heavy atom. The fourth-order valence-electron chi connectivity index (χ4n) is 0. The Balaban J connectivity index is -0.00000000200. The van der Waals surface area contributed by atoms with Crippen LogP contribution >= 0.6 is 0 Å². The van der Waals surface area contributed by atoms with Gasteiger partial charge in [0.15, 0.2) is 0 Å². The summed E-state index contributed by atoms with van der Waals surface area (Å²) in [4.78, 5) is 0. The molecule has 0 atom stereocenters. The second kappa shape index (κ2) is 63.6. The summed E-state index contributed by atoms with van der Waals surface area (Å²) < 4.78 is 17.1. The van der Waals surface area contributed by atoms with E-state index in [1.165, 1.54) is 0 Å². The topological polar surface area (TPSA) is 120 Å². The predicted octanol–water partition coefficient (Wildman–Crippen LogP) is -1.74. The number of rotatable bonds is 0. The molecule has 0 rings (SSSR count). The molecule has 8 heavy (non-hydrogen) atoms. The van der Waals surface area contributed by atoms with Crippen molar-refractivity contribution in [1.82, 2.24) is 0 Å². The van der Waals surface area contributed by atoms with Crippen LogP contribution in [0.15, 0.2) is 0 Å². The van der Waals surface area contributed by atoms with Crippen LogP contribution in [0.1, 0.15) is 0 Å². The first kappa shape index (κ1) is 50.5. The summed E-state index contributed by atoms with van der Waals surface area (Å²) in [5.41, 5.74) is 0. The zero-order valence-electron chi connectivity index (χ0n) is 3.70. The first-order chi connectivity index (χ1) is 1.41. The van der Waals surface area contributed by atoms with Gasteiger partial charge >= 0.3 is 79.0 Å². The quantitative estimate of drug-likeness (QED) is 0.426. The van der Waals surface area contributed by atoms with Gasteiger partial charge in [-0.15, -0.1) is 0 Å². The number of hydrogen-bond donors (Lipinski definition) is 0. The molecule has 5 nitrogen and oxygen atoms in total. The zero-order chi connectivity index (χ0) is 2.71. The van der Waals surface area contributed by atoms with Crippen LogP contribution in [-0.2, 0) is 22.6 Å². The molecule has 0 spiro atoms. The van der Waals surface area contributed by atoms with Crippen molar-refractivity contribution in [1.29, 1.82) is 0 Å². The van der Waals surface area contributed by atoms with E-state index in [2.05, 4.69) is 0 Å². The maximum absolute atomic E-state index is 8.54. The van der Waals surface area contributed by atoms with Crippen LogP contribution in [-0.4, -0.2) is 72.8 Å². The van der Waals surface area contributed by atoms with Crippen molar-refractivity contribution in [2.75, 3.05) is 0 Å². The maximum atomic E-state index is 8.54. The zero-order valence-corrected chi connectivity index (χ0v) is 13.1. The Bertz CT molecular complexity index is 31.4. The van der Waals surface area contributed by atoms with Crippen molar-refractivity contribution >= 4 is 72.8 Å². The summed E-state index contributed by atoms with van der Waals surface area (Å²) >= 11 is -2.27. The van der Waals surface area contributed by atoms with Gasteiger partial charge in [-0.05, 0) is 0 Å². The fourth-order valence-corrected chi connectivity index (χ4v) is 0. The Hall–Kier alpha value is 2.02. The molecular formula is In2O5Sn. The molecule has 0 saturated carbocycles.